The van der Waals surface area contributed by atoms with E-state index < -0.39 is 0 Å². The molecule has 98 valence electrons. The quantitative estimate of drug-likeness (QED) is 0.852. The van der Waals surface area contributed by atoms with Crippen molar-refractivity contribution in [3.63, 3.8) is 0 Å². The molecule has 18 heavy (non-hydrogen) atoms. The summed E-state index contributed by atoms with van der Waals surface area (Å²) in [7, 11) is 0. The lowest BCUT2D eigenvalue weighted by Crippen LogP contribution is -2.20. The lowest BCUT2D eigenvalue weighted by molar-refractivity contribution is 0.120. The second kappa shape index (κ2) is 5.02. The van der Waals surface area contributed by atoms with Gasteiger partial charge in [0.2, 0.25) is 0 Å². The predicted octanol–water partition coefficient (Wildman–Crippen LogP) is 2.91. The van der Waals surface area contributed by atoms with Crippen LogP contribution in [0, 0.1) is 6.92 Å². The van der Waals surface area contributed by atoms with E-state index in [2.05, 4.69) is 15.3 Å². The van der Waals surface area contributed by atoms with E-state index in [-0.39, 0.29) is 0 Å². The number of hydrogen-bond acceptors (Lipinski definition) is 4. The Kier molecular flexibility index (Phi) is 3.39. The fourth-order valence-electron chi connectivity index (χ4n) is 2.22. The van der Waals surface area contributed by atoms with E-state index in [1.54, 1.807) is 0 Å². The molecule has 1 aliphatic heterocycles. The molecule has 1 N–H and O–H groups in total. The first-order valence-electron chi connectivity index (χ1n) is 6.63. The molecular formula is C13H18ClN3O. The molecule has 1 saturated carbocycles. The first kappa shape index (κ1) is 12.2. The average Bonchev–Trinajstić information content (AvgIpc) is 3.08. The van der Waals surface area contributed by atoms with Crippen LogP contribution in [0.1, 0.15) is 43.0 Å². The van der Waals surface area contributed by atoms with Crippen LogP contribution < -0.4 is 5.32 Å². The molecule has 2 heterocycles. The minimum atomic E-state index is 0.308. The first-order chi connectivity index (χ1) is 8.74. The van der Waals surface area contributed by atoms with Gasteiger partial charge in [-0.1, -0.05) is 11.6 Å². The Labute approximate surface area is 112 Å². The van der Waals surface area contributed by atoms with Crippen LogP contribution in [0.2, 0.25) is 5.15 Å². The van der Waals surface area contributed by atoms with Crippen LogP contribution in [0.25, 0.3) is 0 Å². The number of nitrogens with zero attached hydrogens (tertiary/aromatic N) is 2. The minimum absolute atomic E-state index is 0.308. The number of hydrogen-bond donors (Lipinski definition) is 1. The number of nitrogens with one attached hydrogen (secondary N) is 1. The predicted molar refractivity (Wildman–Crippen MR) is 71.2 cm³/mol. The fraction of sp³-hybridized carbons (Fsp3) is 0.692. The van der Waals surface area contributed by atoms with Crippen molar-refractivity contribution in [3.8, 4) is 0 Å². The van der Waals surface area contributed by atoms with Crippen molar-refractivity contribution in [2.24, 2.45) is 0 Å². The SMILES string of the molecule is Cc1c(Cl)nc(C2CC2)nc1NCC1CCCO1. The van der Waals surface area contributed by atoms with Crippen molar-refractivity contribution in [1.29, 1.82) is 0 Å². The Balaban J connectivity index is 1.72. The van der Waals surface area contributed by atoms with Crippen molar-refractivity contribution >= 4 is 17.4 Å². The summed E-state index contributed by atoms with van der Waals surface area (Å²) in [4.78, 5) is 8.95. The Morgan fingerprint density at radius 2 is 2.17 bits per heavy atom. The molecule has 1 saturated heterocycles. The van der Waals surface area contributed by atoms with Gasteiger partial charge in [0.05, 0.1) is 6.10 Å². The third-order valence-electron chi connectivity index (χ3n) is 3.57. The normalized spacial score (nSPS) is 23.3. The maximum atomic E-state index is 6.16. The smallest absolute Gasteiger partial charge is 0.137 e. The standard InChI is InChI=1S/C13H18ClN3O/c1-8-11(14)16-13(9-4-5-9)17-12(8)15-7-10-3-2-6-18-10/h9-10H,2-7H2,1H3,(H,15,16,17). The monoisotopic (exact) mass is 267 g/mol. The molecule has 0 bridgehead atoms. The van der Waals surface area contributed by atoms with Crippen molar-refractivity contribution < 1.29 is 4.74 Å². The third kappa shape index (κ3) is 2.59. The molecule has 1 aliphatic carbocycles. The van der Waals surface area contributed by atoms with Gasteiger partial charge in [-0.3, -0.25) is 0 Å². The van der Waals surface area contributed by atoms with Crippen molar-refractivity contribution in [2.45, 2.75) is 44.6 Å². The van der Waals surface area contributed by atoms with Crippen LogP contribution in [0.15, 0.2) is 0 Å². The van der Waals surface area contributed by atoms with Crippen molar-refractivity contribution in [1.82, 2.24) is 9.97 Å². The third-order valence-corrected chi connectivity index (χ3v) is 3.94. The second-order valence-electron chi connectivity index (χ2n) is 5.14. The Morgan fingerprint density at radius 1 is 1.33 bits per heavy atom. The van der Waals surface area contributed by atoms with Crippen LogP contribution in [-0.4, -0.2) is 29.2 Å². The summed E-state index contributed by atoms with van der Waals surface area (Å²) in [6.45, 7) is 3.64. The molecular weight excluding hydrogens is 250 g/mol. The molecule has 5 heteroatoms. The summed E-state index contributed by atoms with van der Waals surface area (Å²) in [6, 6.07) is 0. The van der Waals surface area contributed by atoms with E-state index in [1.165, 1.54) is 12.8 Å². The molecule has 0 spiro atoms. The summed E-state index contributed by atoms with van der Waals surface area (Å²) in [5, 5.41) is 3.93. The van der Waals surface area contributed by atoms with Crippen molar-refractivity contribution in [2.75, 3.05) is 18.5 Å². The fourth-order valence-corrected chi connectivity index (χ4v) is 2.39. The molecule has 2 fully saturated rings. The highest BCUT2D eigenvalue weighted by Crippen LogP contribution is 2.39. The summed E-state index contributed by atoms with van der Waals surface area (Å²) in [6.07, 6.45) is 4.96. The zero-order chi connectivity index (χ0) is 12.5. The largest absolute Gasteiger partial charge is 0.376 e. The van der Waals surface area contributed by atoms with E-state index in [4.69, 9.17) is 16.3 Å². The highest BCUT2D eigenvalue weighted by atomic mass is 35.5. The van der Waals surface area contributed by atoms with E-state index in [0.717, 1.165) is 43.2 Å². The maximum Gasteiger partial charge on any atom is 0.137 e. The van der Waals surface area contributed by atoms with Gasteiger partial charge < -0.3 is 10.1 Å². The van der Waals surface area contributed by atoms with Crippen LogP contribution >= 0.6 is 11.6 Å². The van der Waals surface area contributed by atoms with Crippen LogP contribution in [0.3, 0.4) is 0 Å². The average molecular weight is 268 g/mol. The number of ether oxygens (including phenoxy) is 1. The van der Waals surface area contributed by atoms with Gasteiger partial charge in [0, 0.05) is 24.6 Å². The minimum Gasteiger partial charge on any atom is -0.376 e. The van der Waals surface area contributed by atoms with Gasteiger partial charge in [0.15, 0.2) is 0 Å². The lowest BCUT2D eigenvalue weighted by atomic mass is 10.2. The van der Waals surface area contributed by atoms with Crippen LogP contribution in [0.4, 0.5) is 5.82 Å². The molecule has 3 rings (SSSR count). The molecule has 1 aromatic heterocycles. The summed E-state index contributed by atoms with van der Waals surface area (Å²) < 4.78 is 5.60. The first-order valence-corrected chi connectivity index (χ1v) is 7.01. The van der Waals surface area contributed by atoms with Gasteiger partial charge in [-0.25, -0.2) is 9.97 Å². The summed E-state index contributed by atoms with van der Waals surface area (Å²) >= 11 is 6.16. The maximum absolute atomic E-state index is 6.16. The van der Waals surface area contributed by atoms with Crippen LogP contribution in [-0.2, 0) is 4.74 Å². The molecule has 0 aromatic carbocycles. The van der Waals surface area contributed by atoms with Gasteiger partial charge in [-0.2, -0.15) is 0 Å². The summed E-state index contributed by atoms with van der Waals surface area (Å²) in [5.41, 5.74) is 0.930. The topological polar surface area (TPSA) is 47.0 Å². The number of anilines is 1. The van der Waals surface area contributed by atoms with E-state index >= 15 is 0 Å². The van der Waals surface area contributed by atoms with Gasteiger partial charge in [0.25, 0.3) is 0 Å². The number of halogens is 1. The van der Waals surface area contributed by atoms with E-state index in [0.29, 0.717) is 17.2 Å². The van der Waals surface area contributed by atoms with E-state index in [1.807, 2.05) is 6.92 Å². The Morgan fingerprint density at radius 3 is 2.83 bits per heavy atom. The van der Waals surface area contributed by atoms with Gasteiger partial charge >= 0.3 is 0 Å². The lowest BCUT2D eigenvalue weighted by Gasteiger charge is -2.14. The molecule has 0 radical (unpaired) electrons. The van der Waals surface area contributed by atoms with Gasteiger partial charge in [-0.15, -0.1) is 0 Å². The Bertz CT molecular complexity index is 442. The highest BCUT2D eigenvalue weighted by molar-refractivity contribution is 6.30. The Hall–Kier alpha value is -0.870. The van der Waals surface area contributed by atoms with Gasteiger partial charge in [0.1, 0.15) is 16.8 Å². The van der Waals surface area contributed by atoms with Gasteiger partial charge in [-0.05, 0) is 32.6 Å². The highest BCUT2D eigenvalue weighted by Gasteiger charge is 2.28. The zero-order valence-corrected chi connectivity index (χ0v) is 11.3. The summed E-state index contributed by atoms with van der Waals surface area (Å²) in [5.74, 6) is 2.28. The molecule has 0 amide bonds. The molecule has 1 atom stereocenters. The van der Waals surface area contributed by atoms with E-state index in [9.17, 15) is 0 Å². The number of aromatic nitrogens is 2. The molecule has 1 unspecified atom stereocenters. The van der Waals surface area contributed by atoms with Crippen molar-refractivity contribution in [3.05, 3.63) is 16.5 Å². The molecule has 4 nitrogen and oxygen atoms in total. The zero-order valence-electron chi connectivity index (χ0n) is 10.6. The second-order valence-corrected chi connectivity index (χ2v) is 5.49. The molecule has 2 aliphatic rings. The number of rotatable bonds is 4. The molecule has 1 aromatic rings. The van der Waals surface area contributed by atoms with Crippen LogP contribution in [0.5, 0.6) is 0 Å².